The van der Waals surface area contributed by atoms with Gasteiger partial charge in [-0.15, -0.1) is 0 Å². The second-order valence-electron chi connectivity index (χ2n) is 5.68. The van der Waals surface area contributed by atoms with Crippen molar-refractivity contribution < 1.29 is 17.9 Å². The van der Waals surface area contributed by atoms with E-state index in [0.29, 0.717) is 19.7 Å². The summed E-state index contributed by atoms with van der Waals surface area (Å²) in [5.41, 5.74) is 0. The molecule has 9 heteroatoms. The Morgan fingerprint density at radius 1 is 1.26 bits per heavy atom. The van der Waals surface area contributed by atoms with Gasteiger partial charge in [-0.25, -0.2) is 13.1 Å². The predicted octanol–water partition coefficient (Wildman–Crippen LogP) is -0.619. The van der Waals surface area contributed by atoms with E-state index in [4.69, 9.17) is 9.47 Å². The molecule has 2 rings (SSSR count). The third-order valence-electron chi connectivity index (χ3n) is 4.09. The molecule has 2 heterocycles. The fourth-order valence-electron chi connectivity index (χ4n) is 2.80. The number of guanidine groups is 1. The average molecular weight is 348 g/mol. The highest BCUT2D eigenvalue weighted by Gasteiger charge is 2.32. The summed E-state index contributed by atoms with van der Waals surface area (Å²) < 4.78 is 36.9. The van der Waals surface area contributed by atoms with Gasteiger partial charge in [0.2, 0.25) is 10.0 Å². The minimum atomic E-state index is -3.15. The SMILES string of the molecule is CCS(=O)(=O)NCCNC(=NC)N1CCOC(C2CCCO2)C1. The van der Waals surface area contributed by atoms with Crippen molar-refractivity contribution in [3.8, 4) is 0 Å². The molecule has 2 aliphatic heterocycles. The van der Waals surface area contributed by atoms with Crippen molar-refractivity contribution in [1.82, 2.24) is 14.9 Å². The van der Waals surface area contributed by atoms with Crippen LogP contribution >= 0.6 is 0 Å². The van der Waals surface area contributed by atoms with E-state index < -0.39 is 10.0 Å². The van der Waals surface area contributed by atoms with Crippen LogP contribution in [0.3, 0.4) is 0 Å². The summed E-state index contributed by atoms with van der Waals surface area (Å²) in [6.07, 6.45) is 2.38. The van der Waals surface area contributed by atoms with Crippen LogP contribution in [0.5, 0.6) is 0 Å². The summed E-state index contributed by atoms with van der Waals surface area (Å²) in [5, 5.41) is 3.20. The Balaban J connectivity index is 1.78. The zero-order valence-corrected chi connectivity index (χ0v) is 14.8. The first-order chi connectivity index (χ1) is 11.1. The minimum absolute atomic E-state index is 0.0726. The first kappa shape index (κ1) is 18.4. The molecule has 0 aromatic heterocycles. The summed E-state index contributed by atoms with van der Waals surface area (Å²) in [6, 6.07) is 0. The number of sulfonamides is 1. The number of nitrogens with one attached hydrogen (secondary N) is 2. The van der Waals surface area contributed by atoms with Crippen molar-refractivity contribution in [3.05, 3.63) is 0 Å². The molecule has 2 atom stereocenters. The van der Waals surface area contributed by atoms with Gasteiger partial charge in [-0.05, 0) is 19.8 Å². The number of nitrogens with zero attached hydrogens (tertiary/aromatic N) is 2. The molecule has 2 saturated heterocycles. The molecule has 2 N–H and O–H groups in total. The normalized spacial score (nSPS) is 26.5. The maximum absolute atomic E-state index is 11.4. The quantitative estimate of drug-likeness (QED) is 0.378. The molecular formula is C14H28N4O4S. The summed E-state index contributed by atoms with van der Waals surface area (Å²) in [6.45, 7) is 5.42. The minimum Gasteiger partial charge on any atom is -0.375 e. The van der Waals surface area contributed by atoms with Crippen LogP contribution in [0.2, 0.25) is 0 Å². The molecule has 2 aliphatic rings. The molecule has 2 fully saturated rings. The molecule has 0 aromatic carbocycles. The highest BCUT2D eigenvalue weighted by atomic mass is 32.2. The molecule has 0 aliphatic carbocycles. The van der Waals surface area contributed by atoms with Gasteiger partial charge in [-0.2, -0.15) is 0 Å². The lowest BCUT2D eigenvalue weighted by molar-refractivity contribution is -0.0816. The number of morpholine rings is 1. The lowest BCUT2D eigenvalue weighted by Crippen LogP contribution is -2.54. The van der Waals surface area contributed by atoms with E-state index in [1.54, 1.807) is 14.0 Å². The van der Waals surface area contributed by atoms with Crippen LogP contribution in [-0.2, 0) is 19.5 Å². The van der Waals surface area contributed by atoms with Crippen molar-refractivity contribution in [1.29, 1.82) is 0 Å². The van der Waals surface area contributed by atoms with Gasteiger partial charge in [-0.1, -0.05) is 0 Å². The van der Waals surface area contributed by atoms with Gasteiger partial charge in [0.15, 0.2) is 5.96 Å². The smallest absolute Gasteiger partial charge is 0.211 e. The highest BCUT2D eigenvalue weighted by molar-refractivity contribution is 7.89. The predicted molar refractivity (Wildman–Crippen MR) is 89.1 cm³/mol. The molecule has 0 saturated carbocycles. The van der Waals surface area contributed by atoms with E-state index in [1.165, 1.54) is 0 Å². The van der Waals surface area contributed by atoms with Crippen LogP contribution in [-0.4, -0.2) is 83.7 Å². The Kier molecular flexibility index (Phi) is 7.07. The van der Waals surface area contributed by atoms with Gasteiger partial charge in [0.05, 0.1) is 18.5 Å². The molecule has 134 valence electrons. The molecule has 8 nitrogen and oxygen atoms in total. The molecule has 0 spiro atoms. The molecule has 2 unspecified atom stereocenters. The van der Waals surface area contributed by atoms with Crippen molar-refractivity contribution >= 4 is 16.0 Å². The van der Waals surface area contributed by atoms with Crippen LogP contribution in [0, 0.1) is 0 Å². The number of rotatable bonds is 6. The first-order valence-corrected chi connectivity index (χ1v) is 9.87. The van der Waals surface area contributed by atoms with Gasteiger partial charge in [0.25, 0.3) is 0 Å². The van der Waals surface area contributed by atoms with Crippen LogP contribution in [0.4, 0.5) is 0 Å². The third-order valence-corrected chi connectivity index (χ3v) is 5.50. The molecule has 0 amide bonds. The van der Waals surface area contributed by atoms with Crippen LogP contribution in [0.25, 0.3) is 0 Å². The van der Waals surface area contributed by atoms with Gasteiger partial charge in [0, 0.05) is 39.8 Å². The molecule has 0 radical (unpaired) electrons. The van der Waals surface area contributed by atoms with Crippen LogP contribution < -0.4 is 10.0 Å². The number of aliphatic imine (C=N–C) groups is 1. The highest BCUT2D eigenvalue weighted by Crippen LogP contribution is 2.20. The first-order valence-electron chi connectivity index (χ1n) is 8.22. The number of hydrogen-bond acceptors (Lipinski definition) is 5. The monoisotopic (exact) mass is 348 g/mol. The van der Waals surface area contributed by atoms with Crippen molar-refractivity contribution in [2.24, 2.45) is 4.99 Å². The van der Waals surface area contributed by atoms with Gasteiger partial charge in [0.1, 0.15) is 6.10 Å². The van der Waals surface area contributed by atoms with Gasteiger partial charge >= 0.3 is 0 Å². The Bertz CT molecular complexity index is 491. The largest absolute Gasteiger partial charge is 0.375 e. The summed E-state index contributed by atoms with van der Waals surface area (Å²) in [5.74, 6) is 0.862. The Morgan fingerprint density at radius 3 is 2.70 bits per heavy atom. The average Bonchev–Trinajstić information content (AvgIpc) is 3.09. The van der Waals surface area contributed by atoms with E-state index in [1.807, 2.05) is 0 Å². The standard InChI is InChI=1S/C14H28N4O4S/c1-3-23(19,20)17-7-6-16-14(15-2)18-8-10-22-13(11-18)12-5-4-9-21-12/h12-13,17H,3-11H2,1-2H3,(H,15,16). The Labute approximate surface area is 138 Å². The zero-order valence-electron chi connectivity index (χ0n) is 14.0. The number of ether oxygens (including phenoxy) is 2. The fraction of sp³-hybridized carbons (Fsp3) is 0.929. The van der Waals surface area contributed by atoms with Crippen molar-refractivity contribution in [2.75, 3.05) is 52.2 Å². The van der Waals surface area contributed by atoms with Crippen LogP contribution in [0.1, 0.15) is 19.8 Å². The maximum Gasteiger partial charge on any atom is 0.211 e. The van der Waals surface area contributed by atoms with Crippen LogP contribution in [0.15, 0.2) is 4.99 Å². The van der Waals surface area contributed by atoms with Crippen molar-refractivity contribution in [3.63, 3.8) is 0 Å². The summed E-state index contributed by atoms with van der Waals surface area (Å²) in [4.78, 5) is 6.43. The second-order valence-corrected chi connectivity index (χ2v) is 7.77. The van der Waals surface area contributed by atoms with E-state index >= 15 is 0 Å². The van der Waals surface area contributed by atoms with E-state index in [9.17, 15) is 8.42 Å². The van der Waals surface area contributed by atoms with E-state index in [0.717, 1.165) is 38.5 Å². The maximum atomic E-state index is 11.4. The van der Waals surface area contributed by atoms with E-state index in [-0.39, 0.29) is 18.0 Å². The topological polar surface area (TPSA) is 92.3 Å². The number of hydrogen-bond donors (Lipinski definition) is 2. The third kappa shape index (κ3) is 5.59. The summed E-state index contributed by atoms with van der Waals surface area (Å²) in [7, 11) is -1.42. The lowest BCUT2D eigenvalue weighted by Gasteiger charge is -2.37. The Hall–Kier alpha value is -0.900. The Morgan fingerprint density at radius 2 is 2.04 bits per heavy atom. The molecule has 0 aromatic rings. The summed E-state index contributed by atoms with van der Waals surface area (Å²) >= 11 is 0. The van der Waals surface area contributed by atoms with Gasteiger partial charge in [-0.3, -0.25) is 4.99 Å². The van der Waals surface area contributed by atoms with E-state index in [2.05, 4.69) is 19.9 Å². The lowest BCUT2D eigenvalue weighted by atomic mass is 10.1. The molecular weight excluding hydrogens is 320 g/mol. The molecule has 0 bridgehead atoms. The van der Waals surface area contributed by atoms with Crippen molar-refractivity contribution in [2.45, 2.75) is 32.0 Å². The van der Waals surface area contributed by atoms with Gasteiger partial charge < -0.3 is 19.7 Å². The second kappa shape index (κ2) is 8.81. The fourth-order valence-corrected chi connectivity index (χ4v) is 3.42. The molecule has 23 heavy (non-hydrogen) atoms. The zero-order chi connectivity index (χ0) is 16.7.